The van der Waals surface area contributed by atoms with Gasteiger partial charge in [-0.05, 0) is 57.1 Å². The smallest absolute Gasteiger partial charge is 0.243 e. The van der Waals surface area contributed by atoms with Gasteiger partial charge in [-0.2, -0.15) is 0 Å². The Morgan fingerprint density at radius 1 is 1.23 bits per heavy atom. The van der Waals surface area contributed by atoms with E-state index in [-0.39, 0.29) is 23.2 Å². The minimum absolute atomic E-state index is 0.0713. The number of rotatable bonds is 11. The van der Waals surface area contributed by atoms with Crippen LogP contribution in [0.25, 0.3) is 0 Å². The molecule has 0 spiro atoms. The van der Waals surface area contributed by atoms with Crippen LogP contribution in [0.15, 0.2) is 18.2 Å². The largest absolute Gasteiger partial charge is 0.493 e. The highest BCUT2D eigenvalue weighted by atomic mass is 32.2. The molecule has 3 unspecified atom stereocenters. The maximum Gasteiger partial charge on any atom is 0.243 e. The standard InChI is InChI=1S/C23H37N3O4S/c1-7-25(8-2)13-9-10-16(3)24-22(28)19-15-31-23(26(19)17(4)27)18-11-12-20(29-5)21(14-18)30-6/h11-12,14,16,19,23H,7-10,13,15H2,1-6H3,(H,24,28). The Morgan fingerprint density at radius 3 is 2.48 bits per heavy atom. The van der Waals surface area contributed by atoms with Crippen molar-refractivity contribution in [2.24, 2.45) is 0 Å². The third kappa shape index (κ3) is 6.53. The molecule has 3 atom stereocenters. The van der Waals surface area contributed by atoms with Gasteiger partial charge in [-0.15, -0.1) is 11.8 Å². The number of nitrogens with one attached hydrogen (secondary N) is 1. The van der Waals surface area contributed by atoms with Crippen molar-refractivity contribution in [2.75, 3.05) is 39.6 Å². The molecule has 2 amide bonds. The fraction of sp³-hybridized carbons (Fsp3) is 0.652. The number of hydrogen-bond donors (Lipinski definition) is 1. The van der Waals surface area contributed by atoms with Gasteiger partial charge in [0.1, 0.15) is 11.4 Å². The van der Waals surface area contributed by atoms with E-state index < -0.39 is 6.04 Å². The van der Waals surface area contributed by atoms with Gasteiger partial charge in [-0.1, -0.05) is 19.9 Å². The molecular formula is C23H37N3O4S. The first-order valence-corrected chi connectivity index (χ1v) is 12.1. The van der Waals surface area contributed by atoms with Gasteiger partial charge < -0.3 is 24.6 Å². The van der Waals surface area contributed by atoms with Gasteiger partial charge in [-0.25, -0.2) is 0 Å². The molecule has 1 aliphatic heterocycles. The highest BCUT2D eigenvalue weighted by Crippen LogP contribution is 2.43. The molecule has 1 aliphatic rings. The normalized spacial score (nSPS) is 19.4. The predicted molar refractivity (Wildman–Crippen MR) is 126 cm³/mol. The summed E-state index contributed by atoms with van der Waals surface area (Å²) in [5.41, 5.74) is 0.917. The van der Waals surface area contributed by atoms with Crippen LogP contribution in [0.1, 0.15) is 51.5 Å². The summed E-state index contributed by atoms with van der Waals surface area (Å²) in [6, 6.07) is 5.22. The quantitative estimate of drug-likeness (QED) is 0.557. The van der Waals surface area contributed by atoms with Gasteiger partial charge >= 0.3 is 0 Å². The molecule has 0 aromatic heterocycles. The first-order chi connectivity index (χ1) is 14.9. The summed E-state index contributed by atoms with van der Waals surface area (Å²) in [6.45, 7) is 11.0. The first kappa shape index (κ1) is 25.3. The Balaban J connectivity index is 2.03. The average molecular weight is 452 g/mol. The Bertz CT molecular complexity index is 742. The molecule has 2 rings (SSSR count). The lowest BCUT2D eigenvalue weighted by Crippen LogP contribution is -2.49. The van der Waals surface area contributed by atoms with Gasteiger partial charge in [-0.3, -0.25) is 9.59 Å². The van der Waals surface area contributed by atoms with Crippen LogP contribution in [0.4, 0.5) is 0 Å². The number of carbonyl (C=O) groups excluding carboxylic acids is 2. The van der Waals surface area contributed by atoms with E-state index in [1.165, 1.54) is 6.92 Å². The zero-order valence-corrected chi connectivity index (χ0v) is 20.5. The van der Waals surface area contributed by atoms with E-state index >= 15 is 0 Å². The number of methoxy groups -OCH3 is 2. The maximum atomic E-state index is 13.0. The van der Waals surface area contributed by atoms with Crippen LogP contribution in [0.5, 0.6) is 11.5 Å². The second-order valence-corrected chi connectivity index (χ2v) is 8.93. The molecule has 1 saturated heterocycles. The van der Waals surface area contributed by atoms with Gasteiger partial charge in [0.05, 0.1) is 14.2 Å². The summed E-state index contributed by atoms with van der Waals surface area (Å²) in [5.74, 6) is 1.62. The molecule has 0 radical (unpaired) electrons. The number of carbonyl (C=O) groups is 2. The molecule has 1 fully saturated rings. The van der Waals surface area contributed by atoms with Crippen LogP contribution in [-0.4, -0.2) is 73.3 Å². The molecular weight excluding hydrogens is 414 g/mol. The van der Waals surface area contributed by atoms with Gasteiger partial charge in [0.15, 0.2) is 11.5 Å². The average Bonchev–Trinajstić information content (AvgIpc) is 3.22. The SMILES string of the molecule is CCN(CC)CCCC(C)NC(=O)C1CSC(c2ccc(OC)c(OC)c2)N1C(C)=O. The maximum absolute atomic E-state index is 13.0. The molecule has 0 saturated carbocycles. The van der Waals surface area contributed by atoms with E-state index in [4.69, 9.17) is 9.47 Å². The molecule has 1 aromatic rings. The van der Waals surface area contributed by atoms with E-state index in [1.807, 2.05) is 25.1 Å². The van der Waals surface area contributed by atoms with Crippen molar-refractivity contribution in [3.63, 3.8) is 0 Å². The van der Waals surface area contributed by atoms with Gasteiger partial charge in [0, 0.05) is 18.7 Å². The number of ether oxygens (including phenoxy) is 2. The summed E-state index contributed by atoms with van der Waals surface area (Å²) >= 11 is 1.60. The lowest BCUT2D eigenvalue weighted by Gasteiger charge is -2.29. The fourth-order valence-electron chi connectivity index (χ4n) is 3.93. The van der Waals surface area contributed by atoms with Gasteiger partial charge in [0.2, 0.25) is 11.8 Å². The Labute approximate surface area is 190 Å². The highest BCUT2D eigenvalue weighted by molar-refractivity contribution is 7.99. The van der Waals surface area contributed by atoms with Crippen molar-refractivity contribution in [1.82, 2.24) is 15.1 Å². The third-order valence-corrected chi connectivity index (χ3v) is 7.08. The first-order valence-electron chi connectivity index (χ1n) is 11.0. The van der Waals surface area contributed by atoms with E-state index in [0.29, 0.717) is 17.3 Å². The lowest BCUT2D eigenvalue weighted by atomic mass is 10.1. The summed E-state index contributed by atoms with van der Waals surface area (Å²) in [4.78, 5) is 29.6. The summed E-state index contributed by atoms with van der Waals surface area (Å²) < 4.78 is 10.7. The van der Waals surface area contributed by atoms with Crippen molar-refractivity contribution in [2.45, 2.75) is 58.0 Å². The monoisotopic (exact) mass is 451 g/mol. The van der Waals surface area contributed by atoms with Crippen molar-refractivity contribution in [1.29, 1.82) is 0 Å². The van der Waals surface area contributed by atoms with Gasteiger partial charge in [0.25, 0.3) is 0 Å². The number of nitrogens with zero attached hydrogens (tertiary/aromatic N) is 2. The molecule has 1 heterocycles. The fourth-order valence-corrected chi connectivity index (χ4v) is 5.40. The zero-order valence-electron chi connectivity index (χ0n) is 19.6. The summed E-state index contributed by atoms with van der Waals surface area (Å²) in [6.07, 6.45) is 1.95. The Kier molecular flexibility index (Phi) is 9.96. The molecule has 0 aliphatic carbocycles. The molecule has 1 aromatic carbocycles. The minimum atomic E-state index is -0.481. The van der Waals surface area contributed by atoms with Crippen molar-refractivity contribution < 1.29 is 19.1 Å². The van der Waals surface area contributed by atoms with Crippen molar-refractivity contribution in [3.8, 4) is 11.5 Å². The number of thioether (sulfide) groups is 1. The lowest BCUT2D eigenvalue weighted by molar-refractivity contribution is -0.138. The molecule has 31 heavy (non-hydrogen) atoms. The Hall–Kier alpha value is -1.93. The topological polar surface area (TPSA) is 71.1 Å². The third-order valence-electron chi connectivity index (χ3n) is 5.75. The zero-order chi connectivity index (χ0) is 23.0. The van der Waals surface area contributed by atoms with E-state index in [9.17, 15) is 9.59 Å². The second-order valence-electron chi connectivity index (χ2n) is 7.82. The second kappa shape index (κ2) is 12.2. The van der Waals surface area contributed by atoms with Crippen LogP contribution < -0.4 is 14.8 Å². The van der Waals surface area contributed by atoms with Crippen LogP contribution in [-0.2, 0) is 9.59 Å². The van der Waals surface area contributed by atoms with Crippen LogP contribution in [0.2, 0.25) is 0 Å². The minimum Gasteiger partial charge on any atom is -0.493 e. The summed E-state index contributed by atoms with van der Waals surface area (Å²) in [7, 11) is 3.18. The van der Waals surface area contributed by atoms with E-state index in [2.05, 4.69) is 24.1 Å². The Morgan fingerprint density at radius 2 is 1.90 bits per heavy atom. The summed E-state index contributed by atoms with van der Waals surface area (Å²) in [5, 5.41) is 2.89. The van der Waals surface area contributed by atoms with E-state index in [1.54, 1.807) is 30.9 Å². The van der Waals surface area contributed by atoms with Crippen molar-refractivity contribution in [3.05, 3.63) is 23.8 Å². The van der Waals surface area contributed by atoms with Crippen LogP contribution in [0, 0.1) is 0 Å². The predicted octanol–water partition coefficient (Wildman–Crippen LogP) is 3.29. The van der Waals surface area contributed by atoms with Crippen molar-refractivity contribution >= 4 is 23.6 Å². The molecule has 0 bridgehead atoms. The molecule has 8 heteroatoms. The number of hydrogen-bond acceptors (Lipinski definition) is 6. The van der Waals surface area contributed by atoms with Crippen LogP contribution in [0.3, 0.4) is 0 Å². The number of amides is 2. The van der Waals surface area contributed by atoms with Crippen LogP contribution >= 0.6 is 11.8 Å². The molecule has 174 valence electrons. The molecule has 7 nitrogen and oxygen atoms in total. The highest BCUT2D eigenvalue weighted by Gasteiger charge is 2.41. The molecule has 1 N–H and O–H groups in total. The van der Waals surface area contributed by atoms with E-state index in [0.717, 1.165) is 38.0 Å². The number of benzene rings is 1.